The lowest BCUT2D eigenvalue weighted by Crippen LogP contribution is -2.06. The monoisotopic (exact) mass is 306 g/mol. The Kier molecular flexibility index (Phi) is 8.56. The molecule has 0 unspecified atom stereocenters. The van der Waals surface area contributed by atoms with Gasteiger partial charge in [0.15, 0.2) is 0 Å². The fraction of sp³-hybridized carbons (Fsp3) is 0.500. The molecular formula is C18H26O4. The van der Waals surface area contributed by atoms with Crippen molar-refractivity contribution >= 4 is 0 Å². The molecule has 0 aromatic heterocycles. The average molecular weight is 306 g/mol. The third-order valence-electron chi connectivity index (χ3n) is 3.33. The number of aliphatic hydroxyl groups is 3. The molecule has 0 saturated heterocycles. The maximum absolute atomic E-state index is 10.3. The highest BCUT2D eigenvalue weighted by molar-refractivity contribution is 5.35. The lowest BCUT2D eigenvalue weighted by molar-refractivity contribution is 0.166. The van der Waals surface area contributed by atoms with Gasteiger partial charge in [0.25, 0.3) is 0 Å². The third-order valence-corrected chi connectivity index (χ3v) is 3.33. The lowest BCUT2D eigenvalue weighted by atomic mass is 10.0. The largest absolute Gasteiger partial charge is 0.491 e. The van der Waals surface area contributed by atoms with Gasteiger partial charge in [-0.05, 0) is 30.1 Å². The van der Waals surface area contributed by atoms with Crippen molar-refractivity contribution in [3.8, 4) is 5.75 Å². The van der Waals surface area contributed by atoms with Crippen LogP contribution in [0.25, 0.3) is 0 Å². The number of aliphatic hydroxyl groups excluding tert-OH is 3. The Bertz CT molecular complexity index is 502. The number of hydrogen-bond acceptors (Lipinski definition) is 4. The molecule has 0 fully saturated rings. The highest BCUT2D eigenvalue weighted by atomic mass is 16.5. The summed E-state index contributed by atoms with van der Waals surface area (Å²) < 4.78 is 5.43. The topological polar surface area (TPSA) is 69.9 Å². The van der Waals surface area contributed by atoms with Crippen molar-refractivity contribution in [3.05, 3.63) is 47.2 Å². The van der Waals surface area contributed by atoms with E-state index in [2.05, 4.69) is 19.6 Å². The van der Waals surface area contributed by atoms with Crippen molar-refractivity contribution in [2.75, 3.05) is 19.8 Å². The third kappa shape index (κ3) is 6.04. The molecule has 1 aromatic carbocycles. The van der Waals surface area contributed by atoms with E-state index in [1.54, 1.807) is 12.1 Å². The van der Waals surface area contributed by atoms with Crippen LogP contribution >= 0.6 is 0 Å². The second-order valence-corrected chi connectivity index (χ2v) is 5.36. The number of ether oxygens (including phenoxy) is 1. The zero-order chi connectivity index (χ0) is 16.4. The standard InChI is InChI=1S/C18H26O4/c1-14(2)15(10-11-19)6-5-8-17(21)16-7-3-4-9-18(16)22-13-12-20/h3-5,7,9,14,17,19-21H,8,10-13H2,1-2H3/t6?,17-/m0/s1. The van der Waals surface area contributed by atoms with Crippen LogP contribution in [0.4, 0.5) is 0 Å². The smallest absolute Gasteiger partial charge is 0.125 e. The molecule has 0 saturated carbocycles. The number of benzene rings is 1. The SMILES string of the molecule is CC(C)C(=C=CC[C@H](O)c1ccccc1OCCO)CCO. The van der Waals surface area contributed by atoms with Gasteiger partial charge in [0, 0.05) is 18.6 Å². The van der Waals surface area contributed by atoms with E-state index in [4.69, 9.17) is 14.9 Å². The first-order valence-corrected chi connectivity index (χ1v) is 7.65. The van der Waals surface area contributed by atoms with Crippen LogP contribution in [0.5, 0.6) is 5.75 Å². The van der Waals surface area contributed by atoms with Gasteiger partial charge < -0.3 is 20.1 Å². The second kappa shape index (κ2) is 10.2. The van der Waals surface area contributed by atoms with Gasteiger partial charge in [0.1, 0.15) is 12.4 Å². The van der Waals surface area contributed by atoms with E-state index >= 15 is 0 Å². The van der Waals surface area contributed by atoms with Crippen molar-refractivity contribution in [2.24, 2.45) is 5.92 Å². The lowest BCUT2D eigenvalue weighted by Gasteiger charge is -2.14. The van der Waals surface area contributed by atoms with Gasteiger partial charge in [-0.2, -0.15) is 0 Å². The molecule has 0 amide bonds. The normalized spacial score (nSPS) is 11.9. The maximum Gasteiger partial charge on any atom is 0.125 e. The van der Waals surface area contributed by atoms with Crippen LogP contribution in [-0.2, 0) is 0 Å². The molecule has 122 valence electrons. The molecule has 0 aliphatic carbocycles. The van der Waals surface area contributed by atoms with Crippen LogP contribution in [0, 0.1) is 5.92 Å². The predicted octanol–water partition coefficient (Wildman–Crippen LogP) is 2.60. The van der Waals surface area contributed by atoms with Crippen LogP contribution in [0.2, 0.25) is 0 Å². The highest BCUT2D eigenvalue weighted by Gasteiger charge is 2.11. The summed E-state index contributed by atoms with van der Waals surface area (Å²) in [5, 5.41) is 28.2. The molecule has 0 spiro atoms. The summed E-state index contributed by atoms with van der Waals surface area (Å²) in [6.07, 6.45) is 2.13. The van der Waals surface area contributed by atoms with Crippen LogP contribution < -0.4 is 4.74 Å². The first kappa shape index (κ1) is 18.5. The zero-order valence-electron chi connectivity index (χ0n) is 13.3. The first-order chi connectivity index (χ1) is 10.6. The minimum absolute atomic E-state index is 0.0635. The number of hydrogen-bond donors (Lipinski definition) is 3. The molecule has 1 rings (SSSR count). The minimum atomic E-state index is -0.690. The molecule has 0 bridgehead atoms. The Morgan fingerprint density at radius 2 is 1.95 bits per heavy atom. The average Bonchev–Trinajstić information content (AvgIpc) is 2.52. The Balaban J connectivity index is 2.80. The summed E-state index contributed by atoms with van der Waals surface area (Å²) in [6, 6.07) is 7.26. The van der Waals surface area contributed by atoms with E-state index in [9.17, 15) is 5.11 Å². The summed E-state index contributed by atoms with van der Waals surface area (Å²) in [5.74, 6) is 0.904. The molecule has 22 heavy (non-hydrogen) atoms. The van der Waals surface area contributed by atoms with Gasteiger partial charge in [-0.25, -0.2) is 0 Å². The second-order valence-electron chi connectivity index (χ2n) is 5.36. The quantitative estimate of drug-likeness (QED) is 0.613. The van der Waals surface area contributed by atoms with E-state index < -0.39 is 6.10 Å². The van der Waals surface area contributed by atoms with Gasteiger partial charge in [0.05, 0.1) is 12.7 Å². The Hall–Kier alpha value is -1.58. The van der Waals surface area contributed by atoms with Crippen molar-refractivity contribution in [1.82, 2.24) is 0 Å². The van der Waals surface area contributed by atoms with Gasteiger partial charge >= 0.3 is 0 Å². The number of rotatable bonds is 9. The minimum Gasteiger partial charge on any atom is -0.491 e. The zero-order valence-corrected chi connectivity index (χ0v) is 13.3. The fourth-order valence-corrected chi connectivity index (χ4v) is 2.12. The molecule has 0 aliphatic rings. The van der Waals surface area contributed by atoms with E-state index in [1.165, 1.54) is 0 Å². The van der Waals surface area contributed by atoms with E-state index in [1.807, 2.05) is 18.2 Å². The van der Waals surface area contributed by atoms with E-state index in [0.29, 0.717) is 30.1 Å². The Morgan fingerprint density at radius 1 is 1.23 bits per heavy atom. The van der Waals surface area contributed by atoms with Gasteiger partial charge in [-0.1, -0.05) is 32.0 Å². The molecule has 0 heterocycles. The van der Waals surface area contributed by atoms with Crippen LogP contribution in [0.15, 0.2) is 41.6 Å². The summed E-state index contributed by atoms with van der Waals surface area (Å²) in [5.41, 5.74) is 4.91. The van der Waals surface area contributed by atoms with E-state index in [-0.39, 0.29) is 19.8 Å². The summed E-state index contributed by atoms with van der Waals surface area (Å²) in [6.45, 7) is 4.36. The summed E-state index contributed by atoms with van der Waals surface area (Å²) in [4.78, 5) is 0. The van der Waals surface area contributed by atoms with Crippen LogP contribution in [0.1, 0.15) is 38.4 Å². The van der Waals surface area contributed by atoms with Gasteiger partial charge in [0.2, 0.25) is 0 Å². The Labute approximate surface area is 132 Å². The molecule has 1 aromatic rings. The highest BCUT2D eigenvalue weighted by Crippen LogP contribution is 2.27. The van der Waals surface area contributed by atoms with Crippen molar-refractivity contribution in [3.63, 3.8) is 0 Å². The molecule has 0 radical (unpaired) electrons. The van der Waals surface area contributed by atoms with Crippen LogP contribution in [-0.4, -0.2) is 35.1 Å². The van der Waals surface area contributed by atoms with E-state index in [0.717, 1.165) is 5.57 Å². The molecule has 1 atom stereocenters. The van der Waals surface area contributed by atoms with Gasteiger partial charge in [-0.15, -0.1) is 5.73 Å². The summed E-state index contributed by atoms with van der Waals surface area (Å²) in [7, 11) is 0. The molecule has 4 heteroatoms. The van der Waals surface area contributed by atoms with Crippen molar-refractivity contribution in [1.29, 1.82) is 0 Å². The molecule has 0 aliphatic heterocycles. The Morgan fingerprint density at radius 3 is 2.59 bits per heavy atom. The maximum atomic E-state index is 10.3. The first-order valence-electron chi connectivity index (χ1n) is 7.65. The van der Waals surface area contributed by atoms with Gasteiger partial charge in [-0.3, -0.25) is 0 Å². The summed E-state index contributed by atoms with van der Waals surface area (Å²) >= 11 is 0. The predicted molar refractivity (Wildman–Crippen MR) is 86.7 cm³/mol. The van der Waals surface area contributed by atoms with Crippen LogP contribution in [0.3, 0.4) is 0 Å². The fourth-order valence-electron chi connectivity index (χ4n) is 2.12. The van der Waals surface area contributed by atoms with Crippen molar-refractivity contribution < 1.29 is 20.1 Å². The molecule has 3 N–H and O–H groups in total. The molecule has 4 nitrogen and oxygen atoms in total. The number of para-hydroxylation sites is 1. The molecular weight excluding hydrogens is 280 g/mol. The van der Waals surface area contributed by atoms with Crippen molar-refractivity contribution in [2.45, 2.75) is 32.8 Å².